The first-order valence-electron chi connectivity index (χ1n) is 5.77. The van der Waals surface area contributed by atoms with E-state index in [2.05, 4.69) is 4.98 Å². The molecule has 0 fully saturated rings. The first kappa shape index (κ1) is 11.7. The van der Waals surface area contributed by atoms with E-state index in [-0.39, 0.29) is 11.5 Å². The van der Waals surface area contributed by atoms with Gasteiger partial charge < -0.3 is 10.2 Å². The Kier molecular flexibility index (Phi) is 2.93. The Morgan fingerprint density at radius 2 is 1.63 bits per heavy atom. The summed E-state index contributed by atoms with van der Waals surface area (Å²) in [6, 6.07) is 14.6. The zero-order valence-corrected chi connectivity index (χ0v) is 10.8. The number of benzene rings is 2. The molecule has 0 aliphatic carbocycles. The number of nitrogens with zero attached hydrogens (tertiary/aromatic N) is 1. The SMILES string of the molecule is Oc1ccc(-c2nc(-c3ccccc3)cs2)cc1O. The highest BCUT2D eigenvalue weighted by molar-refractivity contribution is 7.13. The van der Waals surface area contributed by atoms with Gasteiger partial charge in [0.15, 0.2) is 11.5 Å². The van der Waals surface area contributed by atoms with Crippen LogP contribution in [0.5, 0.6) is 11.5 Å². The van der Waals surface area contributed by atoms with E-state index in [1.54, 1.807) is 6.07 Å². The summed E-state index contributed by atoms with van der Waals surface area (Å²) < 4.78 is 0. The Hall–Kier alpha value is -2.33. The highest BCUT2D eigenvalue weighted by Crippen LogP contribution is 2.33. The number of thiazole rings is 1. The van der Waals surface area contributed by atoms with Gasteiger partial charge in [0.25, 0.3) is 0 Å². The molecule has 0 aliphatic rings. The number of hydrogen-bond acceptors (Lipinski definition) is 4. The van der Waals surface area contributed by atoms with Crippen molar-refractivity contribution in [3.8, 4) is 33.3 Å². The van der Waals surface area contributed by atoms with Gasteiger partial charge in [-0.2, -0.15) is 0 Å². The zero-order chi connectivity index (χ0) is 13.2. The maximum absolute atomic E-state index is 9.51. The van der Waals surface area contributed by atoms with Crippen molar-refractivity contribution in [3.05, 3.63) is 53.9 Å². The molecule has 1 heterocycles. The van der Waals surface area contributed by atoms with Crippen molar-refractivity contribution in [2.45, 2.75) is 0 Å². The van der Waals surface area contributed by atoms with Crippen LogP contribution in [0.15, 0.2) is 53.9 Å². The lowest BCUT2D eigenvalue weighted by Crippen LogP contribution is -1.79. The van der Waals surface area contributed by atoms with Crippen molar-refractivity contribution in [2.75, 3.05) is 0 Å². The summed E-state index contributed by atoms with van der Waals surface area (Å²) in [5.41, 5.74) is 2.77. The average Bonchev–Trinajstić information content (AvgIpc) is 2.93. The van der Waals surface area contributed by atoms with Crippen molar-refractivity contribution < 1.29 is 10.2 Å². The van der Waals surface area contributed by atoms with Gasteiger partial charge in [-0.05, 0) is 18.2 Å². The average molecular weight is 269 g/mol. The molecule has 0 atom stereocenters. The van der Waals surface area contributed by atoms with Crippen LogP contribution in [0.3, 0.4) is 0 Å². The molecular weight excluding hydrogens is 258 g/mol. The first-order chi connectivity index (χ1) is 9.24. The summed E-state index contributed by atoms with van der Waals surface area (Å²) in [5.74, 6) is -0.252. The lowest BCUT2D eigenvalue weighted by Gasteiger charge is -2.00. The Morgan fingerprint density at radius 1 is 0.842 bits per heavy atom. The van der Waals surface area contributed by atoms with Crippen LogP contribution >= 0.6 is 11.3 Å². The van der Waals surface area contributed by atoms with Crippen LogP contribution in [0.2, 0.25) is 0 Å². The van der Waals surface area contributed by atoms with E-state index in [1.165, 1.54) is 23.5 Å². The van der Waals surface area contributed by atoms with Gasteiger partial charge in [-0.1, -0.05) is 30.3 Å². The minimum atomic E-state index is -0.131. The van der Waals surface area contributed by atoms with Crippen molar-refractivity contribution >= 4 is 11.3 Å². The zero-order valence-electron chi connectivity index (χ0n) is 9.95. The van der Waals surface area contributed by atoms with Gasteiger partial charge in [0.2, 0.25) is 0 Å². The molecular formula is C15H11NO2S. The molecule has 4 heteroatoms. The number of phenolic OH excluding ortho intramolecular Hbond substituents is 2. The standard InChI is InChI=1S/C15H11NO2S/c17-13-7-6-11(8-14(13)18)15-16-12(9-19-15)10-4-2-1-3-5-10/h1-9,17-18H. The van der Waals surface area contributed by atoms with Crippen molar-refractivity contribution in [1.29, 1.82) is 0 Å². The normalized spacial score (nSPS) is 10.5. The molecule has 0 aliphatic heterocycles. The van der Waals surface area contributed by atoms with Gasteiger partial charge in [0, 0.05) is 16.5 Å². The van der Waals surface area contributed by atoms with Crippen molar-refractivity contribution in [2.24, 2.45) is 0 Å². The second kappa shape index (κ2) is 4.74. The van der Waals surface area contributed by atoms with Gasteiger partial charge in [-0.3, -0.25) is 0 Å². The third-order valence-corrected chi connectivity index (χ3v) is 3.69. The van der Waals surface area contributed by atoms with Crippen molar-refractivity contribution in [3.63, 3.8) is 0 Å². The summed E-state index contributed by atoms with van der Waals surface area (Å²) in [4.78, 5) is 4.55. The molecule has 94 valence electrons. The van der Waals surface area contributed by atoms with Crippen LogP contribution in [0.25, 0.3) is 21.8 Å². The molecule has 0 unspecified atom stereocenters. The monoisotopic (exact) mass is 269 g/mol. The summed E-state index contributed by atoms with van der Waals surface area (Å²) in [7, 11) is 0. The number of aromatic nitrogens is 1. The molecule has 3 rings (SSSR count). The van der Waals surface area contributed by atoms with E-state index in [9.17, 15) is 10.2 Å². The Labute approximate surface area is 114 Å². The second-order valence-electron chi connectivity index (χ2n) is 4.11. The lowest BCUT2D eigenvalue weighted by atomic mass is 10.2. The van der Waals surface area contributed by atoms with Crippen LogP contribution in [0.1, 0.15) is 0 Å². The van der Waals surface area contributed by atoms with E-state index in [0.29, 0.717) is 0 Å². The maximum atomic E-state index is 9.51. The van der Waals surface area contributed by atoms with Gasteiger partial charge in [-0.25, -0.2) is 4.98 Å². The third-order valence-electron chi connectivity index (χ3n) is 2.80. The van der Waals surface area contributed by atoms with Crippen LogP contribution in [0, 0.1) is 0 Å². The number of aromatic hydroxyl groups is 2. The van der Waals surface area contributed by atoms with Crippen LogP contribution < -0.4 is 0 Å². The fraction of sp³-hybridized carbons (Fsp3) is 0. The predicted molar refractivity (Wildman–Crippen MR) is 76.3 cm³/mol. The van der Waals surface area contributed by atoms with Gasteiger partial charge in [0.1, 0.15) is 5.01 Å². The van der Waals surface area contributed by atoms with E-state index < -0.39 is 0 Å². The molecule has 0 saturated heterocycles. The topological polar surface area (TPSA) is 53.4 Å². The minimum absolute atomic E-state index is 0.122. The number of rotatable bonds is 2. The highest BCUT2D eigenvalue weighted by atomic mass is 32.1. The van der Waals surface area contributed by atoms with E-state index >= 15 is 0 Å². The van der Waals surface area contributed by atoms with Gasteiger partial charge in [-0.15, -0.1) is 11.3 Å². The molecule has 0 bridgehead atoms. The molecule has 2 aromatic carbocycles. The van der Waals surface area contributed by atoms with Crippen LogP contribution in [0.4, 0.5) is 0 Å². The first-order valence-corrected chi connectivity index (χ1v) is 6.65. The van der Waals surface area contributed by atoms with Gasteiger partial charge in [0.05, 0.1) is 5.69 Å². The van der Waals surface area contributed by atoms with E-state index in [0.717, 1.165) is 21.8 Å². The molecule has 0 saturated carbocycles. The summed E-state index contributed by atoms with van der Waals surface area (Å²) in [6.45, 7) is 0. The predicted octanol–water partition coefficient (Wildman–Crippen LogP) is 3.89. The van der Waals surface area contributed by atoms with Crippen molar-refractivity contribution in [1.82, 2.24) is 4.98 Å². The minimum Gasteiger partial charge on any atom is -0.504 e. The summed E-state index contributed by atoms with van der Waals surface area (Å²) >= 11 is 1.51. The molecule has 0 spiro atoms. The Balaban J connectivity index is 1.99. The number of hydrogen-bond donors (Lipinski definition) is 2. The molecule has 0 radical (unpaired) electrons. The highest BCUT2D eigenvalue weighted by Gasteiger charge is 2.08. The Bertz CT molecular complexity index is 707. The number of phenols is 2. The van der Waals surface area contributed by atoms with Crippen LogP contribution in [-0.2, 0) is 0 Å². The smallest absolute Gasteiger partial charge is 0.158 e. The molecule has 3 nitrogen and oxygen atoms in total. The quantitative estimate of drug-likeness (QED) is 0.694. The van der Waals surface area contributed by atoms with E-state index in [4.69, 9.17) is 0 Å². The van der Waals surface area contributed by atoms with Gasteiger partial charge >= 0.3 is 0 Å². The third kappa shape index (κ3) is 2.30. The lowest BCUT2D eigenvalue weighted by molar-refractivity contribution is 0.404. The maximum Gasteiger partial charge on any atom is 0.158 e. The second-order valence-corrected chi connectivity index (χ2v) is 4.97. The van der Waals surface area contributed by atoms with Crippen LogP contribution in [-0.4, -0.2) is 15.2 Å². The largest absolute Gasteiger partial charge is 0.504 e. The molecule has 3 aromatic rings. The Morgan fingerprint density at radius 3 is 2.37 bits per heavy atom. The summed E-state index contributed by atoms with van der Waals surface area (Å²) in [6.07, 6.45) is 0. The summed E-state index contributed by atoms with van der Waals surface area (Å²) in [5, 5.41) is 21.6. The molecule has 1 aromatic heterocycles. The fourth-order valence-electron chi connectivity index (χ4n) is 1.80. The molecule has 0 amide bonds. The fourth-order valence-corrected chi connectivity index (χ4v) is 2.63. The molecule has 19 heavy (non-hydrogen) atoms. The molecule has 2 N–H and O–H groups in total. The van der Waals surface area contributed by atoms with E-state index in [1.807, 2.05) is 35.7 Å².